The number of carboxylic acids is 1. The van der Waals surface area contributed by atoms with Crippen LogP contribution < -0.4 is 5.32 Å². The summed E-state index contributed by atoms with van der Waals surface area (Å²) in [4.78, 5) is 15.8. The first-order valence-electron chi connectivity index (χ1n) is 6.42. The fraction of sp³-hybridized carbons (Fsp3) is 0.750. The number of hydrogen-bond donors (Lipinski definition) is 2. The SMILES string of the molecule is CCC(CC)(CNc1nc(C2CC2)ns1)C(=O)O. The second kappa shape index (κ2) is 5.22. The molecular formula is C12H19N3O2S. The lowest BCUT2D eigenvalue weighted by molar-refractivity contribution is -0.148. The molecule has 0 aliphatic heterocycles. The van der Waals surface area contributed by atoms with E-state index < -0.39 is 11.4 Å². The summed E-state index contributed by atoms with van der Waals surface area (Å²) in [5.41, 5.74) is -0.703. The quantitative estimate of drug-likeness (QED) is 0.796. The van der Waals surface area contributed by atoms with Crippen LogP contribution in [0.1, 0.15) is 51.3 Å². The van der Waals surface area contributed by atoms with Crippen LogP contribution in [0.25, 0.3) is 0 Å². The van der Waals surface area contributed by atoms with Crippen LogP contribution in [0, 0.1) is 5.41 Å². The Balaban J connectivity index is 1.97. The van der Waals surface area contributed by atoms with Crippen LogP contribution in [-0.4, -0.2) is 27.0 Å². The van der Waals surface area contributed by atoms with Crippen molar-refractivity contribution in [2.24, 2.45) is 5.41 Å². The van der Waals surface area contributed by atoms with Gasteiger partial charge in [-0.15, -0.1) is 0 Å². The lowest BCUT2D eigenvalue weighted by Crippen LogP contribution is -2.36. The van der Waals surface area contributed by atoms with Gasteiger partial charge in [-0.3, -0.25) is 4.79 Å². The van der Waals surface area contributed by atoms with E-state index >= 15 is 0 Å². The summed E-state index contributed by atoms with van der Waals surface area (Å²) in [6.45, 7) is 4.23. The number of nitrogens with zero attached hydrogens (tertiary/aromatic N) is 2. The minimum Gasteiger partial charge on any atom is -0.481 e. The number of carboxylic acid groups (broad SMARTS) is 1. The number of anilines is 1. The number of aliphatic carboxylic acids is 1. The highest BCUT2D eigenvalue weighted by Gasteiger charge is 2.35. The maximum absolute atomic E-state index is 11.4. The van der Waals surface area contributed by atoms with Gasteiger partial charge in [0.15, 0.2) is 0 Å². The number of nitrogens with one attached hydrogen (secondary N) is 1. The van der Waals surface area contributed by atoms with Gasteiger partial charge in [0.25, 0.3) is 0 Å². The number of aromatic nitrogens is 2. The summed E-state index contributed by atoms with van der Waals surface area (Å²) in [5.74, 6) is 0.710. The number of carbonyl (C=O) groups is 1. The summed E-state index contributed by atoms with van der Waals surface area (Å²) in [6, 6.07) is 0. The molecule has 0 aromatic carbocycles. The first kappa shape index (κ1) is 13.3. The highest BCUT2D eigenvalue weighted by molar-refractivity contribution is 7.09. The van der Waals surface area contributed by atoms with E-state index in [2.05, 4.69) is 14.7 Å². The van der Waals surface area contributed by atoms with Gasteiger partial charge in [-0.2, -0.15) is 4.37 Å². The first-order chi connectivity index (χ1) is 8.61. The molecule has 1 aromatic heterocycles. The molecule has 0 radical (unpaired) electrons. The maximum atomic E-state index is 11.4. The predicted molar refractivity (Wildman–Crippen MR) is 71.0 cm³/mol. The molecule has 2 rings (SSSR count). The molecule has 1 aliphatic rings. The normalized spacial score (nSPS) is 15.7. The molecule has 0 bridgehead atoms. The predicted octanol–water partition coefficient (Wildman–Crippen LogP) is 2.72. The minimum absolute atomic E-state index is 0.411. The standard InChI is InChI=1S/C12H19N3O2S/c1-3-12(4-2,10(16)17)7-13-11-14-9(15-18-11)8-5-6-8/h8H,3-7H2,1-2H3,(H,16,17)(H,13,14,15). The van der Waals surface area contributed by atoms with Gasteiger partial charge >= 0.3 is 5.97 Å². The fourth-order valence-corrected chi connectivity index (χ4v) is 2.58. The van der Waals surface area contributed by atoms with Crippen LogP contribution in [0.3, 0.4) is 0 Å². The average Bonchev–Trinajstić information content (AvgIpc) is 3.11. The van der Waals surface area contributed by atoms with E-state index in [0.29, 0.717) is 25.3 Å². The van der Waals surface area contributed by atoms with Crippen molar-refractivity contribution < 1.29 is 9.90 Å². The monoisotopic (exact) mass is 269 g/mol. The van der Waals surface area contributed by atoms with Crippen molar-refractivity contribution >= 4 is 22.6 Å². The van der Waals surface area contributed by atoms with E-state index in [0.717, 1.165) is 11.0 Å². The third-order valence-corrected chi connectivity index (χ3v) is 4.46. The largest absolute Gasteiger partial charge is 0.481 e. The Morgan fingerprint density at radius 2 is 2.17 bits per heavy atom. The van der Waals surface area contributed by atoms with Crippen LogP contribution in [-0.2, 0) is 4.79 Å². The van der Waals surface area contributed by atoms with Crippen LogP contribution in [0.2, 0.25) is 0 Å². The third-order valence-electron chi connectivity index (χ3n) is 3.77. The van der Waals surface area contributed by atoms with E-state index in [4.69, 9.17) is 0 Å². The van der Waals surface area contributed by atoms with Crippen molar-refractivity contribution in [3.8, 4) is 0 Å². The van der Waals surface area contributed by atoms with Gasteiger partial charge in [-0.25, -0.2) is 4.98 Å². The molecule has 1 heterocycles. The molecule has 0 atom stereocenters. The third kappa shape index (κ3) is 2.63. The molecule has 100 valence electrons. The Morgan fingerprint density at radius 3 is 2.67 bits per heavy atom. The van der Waals surface area contributed by atoms with Crippen molar-refractivity contribution in [1.29, 1.82) is 0 Å². The molecule has 0 saturated heterocycles. The second-order valence-electron chi connectivity index (χ2n) is 4.88. The molecule has 6 heteroatoms. The van der Waals surface area contributed by atoms with Crippen LogP contribution in [0.4, 0.5) is 5.13 Å². The highest BCUT2D eigenvalue weighted by atomic mass is 32.1. The summed E-state index contributed by atoms with van der Waals surface area (Å²) in [6.07, 6.45) is 3.58. The smallest absolute Gasteiger partial charge is 0.311 e. The molecule has 18 heavy (non-hydrogen) atoms. The van der Waals surface area contributed by atoms with Gasteiger partial charge in [0.1, 0.15) is 5.82 Å². The van der Waals surface area contributed by atoms with E-state index in [1.807, 2.05) is 13.8 Å². The first-order valence-corrected chi connectivity index (χ1v) is 7.19. The molecular weight excluding hydrogens is 250 g/mol. The molecule has 0 unspecified atom stereocenters. The summed E-state index contributed by atoms with van der Waals surface area (Å²) in [7, 11) is 0. The van der Waals surface area contributed by atoms with Gasteiger partial charge in [-0.1, -0.05) is 13.8 Å². The van der Waals surface area contributed by atoms with E-state index in [1.165, 1.54) is 24.4 Å². The van der Waals surface area contributed by atoms with E-state index in [1.54, 1.807) is 0 Å². The van der Waals surface area contributed by atoms with Crippen LogP contribution >= 0.6 is 11.5 Å². The van der Waals surface area contributed by atoms with Crippen LogP contribution in [0.5, 0.6) is 0 Å². The zero-order chi connectivity index (χ0) is 13.2. The maximum Gasteiger partial charge on any atom is 0.311 e. The Morgan fingerprint density at radius 1 is 1.50 bits per heavy atom. The Bertz CT molecular complexity index is 425. The summed E-state index contributed by atoms with van der Waals surface area (Å²) < 4.78 is 4.30. The number of hydrogen-bond acceptors (Lipinski definition) is 5. The molecule has 1 fully saturated rings. The lowest BCUT2D eigenvalue weighted by atomic mass is 9.82. The van der Waals surface area contributed by atoms with E-state index in [9.17, 15) is 9.90 Å². The Labute approximate surface area is 111 Å². The highest BCUT2D eigenvalue weighted by Crippen LogP contribution is 2.39. The van der Waals surface area contributed by atoms with Gasteiger partial charge < -0.3 is 10.4 Å². The van der Waals surface area contributed by atoms with Crippen molar-refractivity contribution in [2.75, 3.05) is 11.9 Å². The van der Waals surface area contributed by atoms with Gasteiger partial charge in [0.2, 0.25) is 5.13 Å². The molecule has 1 aliphatic carbocycles. The van der Waals surface area contributed by atoms with Crippen LogP contribution in [0.15, 0.2) is 0 Å². The van der Waals surface area contributed by atoms with Gasteiger partial charge in [0, 0.05) is 24.0 Å². The van der Waals surface area contributed by atoms with E-state index in [-0.39, 0.29) is 0 Å². The topological polar surface area (TPSA) is 75.1 Å². The molecule has 0 amide bonds. The van der Waals surface area contributed by atoms with Gasteiger partial charge in [-0.05, 0) is 25.7 Å². The molecule has 0 spiro atoms. The summed E-state index contributed by atoms with van der Waals surface area (Å²) in [5, 5.41) is 13.2. The Kier molecular flexibility index (Phi) is 3.85. The van der Waals surface area contributed by atoms with Crippen molar-refractivity contribution in [1.82, 2.24) is 9.36 Å². The molecule has 2 N–H and O–H groups in total. The fourth-order valence-electron chi connectivity index (χ4n) is 1.94. The number of rotatable bonds is 7. The van der Waals surface area contributed by atoms with Crippen molar-refractivity contribution in [2.45, 2.75) is 45.4 Å². The van der Waals surface area contributed by atoms with Crippen molar-refractivity contribution in [3.63, 3.8) is 0 Å². The van der Waals surface area contributed by atoms with Crippen molar-refractivity contribution in [3.05, 3.63) is 5.82 Å². The Hall–Kier alpha value is -1.17. The zero-order valence-corrected chi connectivity index (χ0v) is 11.6. The second-order valence-corrected chi connectivity index (χ2v) is 5.63. The minimum atomic E-state index is -0.744. The molecule has 1 saturated carbocycles. The zero-order valence-electron chi connectivity index (χ0n) is 10.8. The van der Waals surface area contributed by atoms with Gasteiger partial charge in [0.05, 0.1) is 5.41 Å². The molecule has 1 aromatic rings. The lowest BCUT2D eigenvalue weighted by Gasteiger charge is -2.26. The average molecular weight is 269 g/mol. The molecule has 5 nitrogen and oxygen atoms in total. The summed E-state index contributed by atoms with van der Waals surface area (Å²) >= 11 is 1.33.